The molecule has 0 radical (unpaired) electrons. The molecule has 4 rings (SSSR count). The van der Waals surface area contributed by atoms with E-state index in [1.807, 2.05) is 0 Å². The Balaban J connectivity index is 1.65. The number of benzene rings is 3. The van der Waals surface area contributed by atoms with E-state index in [1.54, 1.807) is 31.2 Å². The lowest BCUT2D eigenvalue weighted by Crippen LogP contribution is -2.42. The number of hydrogen-bond donors (Lipinski definition) is 0. The van der Waals surface area contributed by atoms with Crippen LogP contribution in [0.5, 0.6) is 0 Å². The SMILES string of the molecule is Cc1cc(C2=NOC(c3cc(Cl)cc(Cl)c3)(C(F)(F)F)C2)ccc1C(=O)N=S(C)(=O)c1cccc(Br)c1. The lowest BCUT2D eigenvalue weighted by molar-refractivity contribution is -0.275. The highest BCUT2D eigenvalue weighted by molar-refractivity contribution is 9.10. The summed E-state index contributed by atoms with van der Waals surface area (Å²) in [5.74, 6) is -0.709. The molecule has 0 fully saturated rings. The van der Waals surface area contributed by atoms with Gasteiger partial charge >= 0.3 is 6.18 Å². The second kappa shape index (κ2) is 10.1. The quantitative estimate of drug-likeness (QED) is 0.293. The van der Waals surface area contributed by atoms with Crippen molar-refractivity contribution >= 4 is 60.5 Å². The number of alkyl halides is 3. The fourth-order valence-electron chi connectivity index (χ4n) is 3.89. The van der Waals surface area contributed by atoms with E-state index >= 15 is 0 Å². The van der Waals surface area contributed by atoms with Crippen molar-refractivity contribution in [3.63, 3.8) is 0 Å². The summed E-state index contributed by atoms with van der Waals surface area (Å²) < 4.78 is 60.5. The third kappa shape index (κ3) is 5.57. The summed E-state index contributed by atoms with van der Waals surface area (Å²) in [5.41, 5.74) is -2.10. The normalized spacial score (nSPS) is 19.1. The highest BCUT2D eigenvalue weighted by Gasteiger charge is 2.62. The average molecular weight is 634 g/mol. The minimum absolute atomic E-state index is 0.0286. The number of oxime groups is 1. The van der Waals surface area contributed by atoms with Gasteiger partial charge in [-0.25, -0.2) is 4.21 Å². The minimum atomic E-state index is -4.83. The van der Waals surface area contributed by atoms with Gasteiger partial charge in [0.25, 0.3) is 11.5 Å². The van der Waals surface area contributed by atoms with Crippen LogP contribution in [0.3, 0.4) is 0 Å². The summed E-state index contributed by atoms with van der Waals surface area (Å²) in [6, 6.07) is 14.7. The van der Waals surface area contributed by atoms with E-state index in [0.717, 1.165) is 12.1 Å². The van der Waals surface area contributed by atoms with Gasteiger partial charge in [-0.1, -0.05) is 56.4 Å². The van der Waals surface area contributed by atoms with E-state index in [4.69, 9.17) is 28.0 Å². The molecule has 0 aromatic heterocycles. The van der Waals surface area contributed by atoms with Crippen LogP contribution in [0.25, 0.3) is 0 Å². The Morgan fingerprint density at radius 3 is 2.38 bits per heavy atom. The fourth-order valence-corrected chi connectivity index (χ4v) is 6.17. The van der Waals surface area contributed by atoms with Gasteiger partial charge in [0.05, 0.1) is 15.4 Å². The highest BCUT2D eigenvalue weighted by atomic mass is 79.9. The zero-order chi connectivity index (χ0) is 27.2. The monoisotopic (exact) mass is 632 g/mol. The van der Waals surface area contributed by atoms with Gasteiger partial charge in [0.2, 0.25) is 0 Å². The van der Waals surface area contributed by atoms with Crippen molar-refractivity contribution in [3.8, 4) is 0 Å². The Labute approximate surface area is 229 Å². The van der Waals surface area contributed by atoms with Crippen LogP contribution in [0, 0.1) is 6.92 Å². The molecule has 5 nitrogen and oxygen atoms in total. The number of carbonyl (C=O) groups is 1. The van der Waals surface area contributed by atoms with Crippen molar-refractivity contribution in [1.82, 2.24) is 0 Å². The van der Waals surface area contributed by atoms with Crippen molar-refractivity contribution in [2.75, 3.05) is 6.26 Å². The molecule has 1 amide bonds. The molecule has 1 aliphatic heterocycles. The summed E-state index contributed by atoms with van der Waals surface area (Å²) >= 11 is 15.2. The molecule has 0 N–H and O–H groups in total. The molecule has 2 atom stereocenters. The average Bonchev–Trinajstić information content (AvgIpc) is 3.25. The summed E-state index contributed by atoms with van der Waals surface area (Å²) in [6.07, 6.45) is -4.10. The number of aryl methyl sites for hydroxylation is 1. The molecular weight excluding hydrogens is 616 g/mol. The number of halogens is 6. The van der Waals surface area contributed by atoms with Crippen LogP contribution in [0.15, 0.2) is 79.6 Å². The van der Waals surface area contributed by atoms with Gasteiger partial charge in [-0.15, -0.1) is 0 Å². The van der Waals surface area contributed by atoms with Gasteiger partial charge in [-0.2, -0.15) is 17.5 Å². The first kappa shape index (κ1) is 27.6. The Morgan fingerprint density at radius 1 is 1.11 bits per heavy atom. The summed E-state index contributed by atoms with van der Waals surface area (Å²) in [6.45, 7) is 1.60. The maximum atomic E-state index is 14.3. The van der Waals surface area contributed by atoms with Crippen LogP contribution < -0.4 is 0 Å². The molecule has 0 saturated carbocycles. The van der Waals surface area contributed by atoms with E-state index in [2.05, 4.69) is 25.4 Å². The van der Waals surface area contributed by atoms with E-state index < -0.39 is 33.8 Å². The van der Waals surface area contributed by atoms with Crippen LogP contribution in [0.1, 0.15) is 33.5 Å². The number of hydrogen-bond acceptors (Lipinski definition) is 4. The Bertz CT molecular complexity index is 1550. The van der Waals surface area contributed by atoms with E-state index in [9.17, 15) is 22.2 Å². The lowest BCUT2D eigenvalue weighted by Gasteiger charge is -2.29. The highest BCUT2D eigenvalue weighted by Crippen LogP contribution is 2.49. The second-order valence-electron chi connectivity index (χ2n) is 8.47. The van der Waals surface area contributed by atoms with Crippen LogP contribution in [-0.2, 0) is 20.2 Å². The fraction of sp³-hybridized carbons (Fsp3) is 0.200. The molecule has 3 aromatic rings. The van der Waals surface area contributed by atoms with Crippen molar-refractivity contribution in [2.24, 2.45) is 9.52 Å². The number of amides is 1. The molecular formula is C25H18BrCl2F3N2O3S. The van der Waals surface area contributed by atoms with E-state index in [1.165, 1.54) is 30.5 Å². The zero-order valence-corrected chi connectivity index (χ0v) is 23.2. The Morgan fingerprint density at radius 2 is 1.78 bits per heavy atom. The first-order valence-electron chi connectivity index (χ1n) is 10.6. The van der Waals surface area contributed by atoms with E-state index in [-0.39, 0.29) is 26.9 Å². The Kier molecular flexibility index (Phi) is 7.51. The van der Waals surface area contributed by atoms with Crippen molar-refractivity contribution < 1.29 is 27.0 Å². The maximum Gasteiger partial charge on any atom is 0.435 e. The Hall–Kier alpha value is -2.40. The summed E-state index contributed by atoms with van der Waals surface area (Å²) in [7, 11) is -3.04. The molecule has 0 aliphatic carbocycles. The van der Waals surface area contributed by atoms with Crippen molar-refractivity contribution in [1.29, 1.82) is 0 Å². The molecule has 0 saturated heterocycles. The molecule has 0 bridgehead atoms. The van der Waals surface area contributed by atoms with Crippen LogP contribution in [0.4, 0.5) is 13.2 Å². The zero-order valence-electron chi connectivity index (χ0n) is 19.3. The molecule has 194 valence electrons. The predicted octanol–water partition coefficient (Wildman–Crippen LogP) is 7.94. The molecule has 3 aromatic carbocycles. The van der Waals surface area contributed by atoms with Gasteiger partial charge in [0.1, 0.15) is 0 Å². The molecule has 12 heteroatoms. The molecule has 0 spiro atoms. The second-order valence-corrected chi connectivity index (χ2v) is 12.5. The van der Waals surface area contributed by atoms with Crippen LogP contribution >= 0.6 is 39.1 Å². The predicted molar refractivity (Wildman–Crippen MR) is 141 cm³/mol. The van der Waals surface area contributed by atoms with Gasteiger partial charge in [-0.3, -0.25) is 4.79 Å². The molecule has 2 unspecified atom stereocenters. The molecule has 1 aliphatic rings. The van der Waals surface area contributed by atoms with Crippen LogP contribution in [0.2, 0.25) is 10.0 Å². The first-order valence-corrected chi connectivity index (χ1v) is 14.1. The number of rotatable bonds is 4. The van der Waals surface area contributed by atoms with Crippen molar-refractivity contribution in [3.05, 3.63) is 97.4 Å². The smallest absolute Gasteiger partial charge is 0.374 e. The maximum absolute atomic E-state index is 14.3. The van der Waals surface area contributed by atoms with Gasteiger partial charge in [0.15, 0.2) is 0 Å². The summed E-state index contributed by atoms with van der Waals surface area (Å²) in [4.78, 5) is 18.3. The topological polar surface area (TPSA) is 68.1 Å². The number of nitrogens with zero attached hydrogens (tertiary/aromatic N) is 2. The minimum Gasteiger partial charge on any atom is -0.374 e. The molecule has 37 heavy (non-hydrogen) atoms. The summed E-state index contributed by atoms with van der Waals surface area (Å²) in [5, 5.41) is 3.79. The standard InChI is InChI=1S/C25H18BrCl2F3N2O3S/c1-14-8-15(6-7-21(14)23(34)33-37(2,35)20-5-3-4-17(26)11-20)22-13-24(36-32-22,25(29,30)31)16-9-18(27)12-19(28)10-16/h3-12H,13H2,1-2H3. The third-order valence-corrected chi connectivity index (χ3v) is 8.37. The van der Waals surface area contributed by atoms with E-state index in [0.29, 0.717) is 20.5 Å². The largest absolute Gasteiger partial charge is 0.435 e. The van der Waals surface area contributed by atoms with Gasteiger partial charge < -0.3 is 4.84 Å². The van der Waals surface area contributed by atoms with Crippen LogP contribution in [-0.4, -0.2) is 28.3 Å². The van der Waals surface area contributed by atoms with Gasteiger partial charge in [0, 0.05) is 43.2 Å². The molecule has 1 heterocycles. The third-order valence-electron chi connectivity index (χ3n) is 5.80. The van der Waals surface area contributed by atoms with Gasteiger partial charge in [-0.05, 0) is 66.6 Å². The lowest BCUT2D eigenvalue weighted by atomic mass is 9.86. The first-order chi connectivity index (χ1) is 17.2. The number of carbonyl (C=O) groups excluding carboxylic acids is 1. The van der Waals surface area contributed by atoms with Crippen molar-refractivity contribution in [2.45, 2.75) is 30.0 Å².